The average molecular weight is 204 g/mol. The van der Waals surface area contributed by atoms with Crippen molar-refractivity contribution in [2.75, 3.05) is 33.9 Å². The zero-order valence-corrected chi connectivity index (χ0v) is 8.46. The van der Waals surface area contributed by atoms with Gasteiger partial charge < -0.3 is 20.1 Å². The van der Waals surface area contributed by atoms with Gasteiger partial charge in [0.2, 0.25) is 5.91 Å². The summed E-state index contributed by atoms with van der Waals surface area (Å²) >= 11 is 0. The molecule has 0 aliphatic heterocycles. The topological polar surface area (TPSA) is 76.7 Å². The highest BCUT2D eigenvalue weighted by atomic mass is 16.5. The Morgan fingerprint density at radius 2 is 1.86 bits per heavy atom. The van der Waals surface area contributed by atoms with Gasteiger partial charge in [0.15, 0.2) is 0 Å². The number of alkyl carbamates (subject to hydrolysis) is 1. The normalized spacial score (nSPS) is 9.29. The van der Waals surface area contributed by atoms with E-state index in [-0.39, 0.29) is 18.9 Å². The number of rotatable bonds is 6. The van der Waals surface area contributed by atoms with Gasteiger partial charge in [0, 0.05) is 26.6 Å². The SMILES string of the molecule is COCCNC(=O)CCNC(=O)OC. The molecule has 2 N–H and O–H groups in total. The molecule has 2 amide bonds. The monoisotopic (exact) mass is 204 g/mol. The molecule has 0 spiro atoms. The quantitative estimate of drug-likeness (QED) is 0.571. The molecular weight excluding hydrogens is 188 g/mol. The highest BCUT2D eigenvalue weighted by Crippen LogP contribution is 1.79. The number of carbonyl (C=O) groups excluding carboxylic acids is 2. The Kier molecular flexibility index (Phi) is 7.53. The summed E-state index contributed by atoms with van der Waals surface area (Å²) in [6.07, 6.45) is -0.298. The van der Waals surface area contributed by atoms with Crippen LogP contribution in [0.2, 0.25) is 0 Å². The van der Waals surface area contributed by atoms with Crippen molar-refractivity contribution >= 4 is 12.0 Å². The largest absolute Gasteiger partial charge is 0.453 e. The number of methoxy groups -OCH3 is 2. The molecule has 0 aromatic rings. The smallest absolute Gasteiger partial charge is 0.406 e. The summed E-state index contributed by atoms with van der Waals surface area (Å²) < 4.78 is 9.08. The van der Waals surface area contributed by atoms with Gasteiger partial charge >= 0.3 is 6.09 Å². The molecule has 0 saturated heterocycles. The van der Waals surface area contributed by atoms with Crippen LogP contribution >= 0.6 is 0 Å². The maximum atomic E-state index is 11.0. The Hall–Kier alpha value is -1.30. The molecule has 0 fully saturated rings. The minimum absolute atomic E-state index is 0.126. The van der Waals surface area contributed by atoms with E-state index in [9.17, 15) is 9.59 Å². The maximum Gasteiger partial charge on any atom is 0.406 e. The third-order valence-corrected chi connectivity index (χ3v) is 1.44. The zero-order chi connectivity index (χ0) is 10.8. The van der Waals surface area contributed by atoms with Crippen LogP contribution in [0.25, 0.3) is 0 Å². The van der Waals surface area contributed by atoms with E-state index in [1.807, 2.05) is 0 Å². The van der Waals surface area contributed by atoms with Crippen LogP contribution in [-0.2, 0) is 14.3 Å². The van der Waals surface area contributed by atoms with Crippen molar-refractivity contribution in [2.45, 2.75) is 6.42 Å². The van der Waals surface area contributed by atoms with Crippen molar-refractivity contribution in [3.63, 3.8) is 0 Å². The number of nitrogens with one attached hydrogen (secondary N) is 2. The molecule has 0 aromatic carbocycles. The Labute approximate surface area is 82.9 Å². The Balaban J connectivity index is 3.31. The average Bonchev–Trinajstić information content (AvgIpc) is 2.18. The minimum Gasteiger partial charge on any atom is -0.453 e. The van der Waals surface area contributed by atoms with E-state index in [1.165, 1.54) is 7.11 Å². The summed E-state index contributed by atoms with van der Waals surface area (Å²) in [5.41, 5.74) is 0. The first-order valence-electron chi connectivity index (χ1n) is 4.28. The molecule has 6 nitrogen and oxygen atoms in total. The van der Waals surface area contributed by atoms with Gasteiger partial charge in [-0.25, -0.2) is 4.79 Å². The molecule has 0 aliphatic carbocycles. The maximum absolute atomic E-state index is 11.0. The molecule has 0 saturated carbocycles. The summed E-state index contributed by atoms with van der Waals surface area (Å²) in [5, 5.41) is 5.02. The van der Waals surface area contributed by atoms with Crippen LogP contribution in [0.1, 0.15) is 6.42 Å². The Morgan fingerprint density at radius 3 is 2.43 bits per heavy atom. The molecule has 14 heavy (non-hydrogen) atoms. The number of hydrogen-bond acceptors (Lipinski definition) is 4. The van der Waals surface area contributed by atoms with Gasteiger partial charge in [-0.05, 0) is 0 Å². The van der Waals surface area contributed by atoms with Crippen molar-refractivity contribution in [1.29, 1.82) is 0 Å². The Morgan fingerprint density at radius 1 is 1.14 bits per heavy atom. The van der Waals surface area contributed by atoms with E-state index >= 15 is 0 Å². The van der Waals surface area contributed by atoms with Crippen LogP contribution in [0.4, 0.5) is 4.79 Å². The van der Waals surface area contributed by atoms with E-state index in [0.29, 0.717) is 13.2 Å². The van der Waals surface area contributed by atoms with Crippen LogP contribution in [0.15, 0.2) is 0 Å². The van der Waals surface area contributed by atoms with Gasteiger partial charge in [0.25, 0.3) is 0 Å². The summed E-state index contributed by atoms with van der Waals surface area (Å²) in [4.78, 5) is 21.6. The first-order valence-corrected chi connectivity index (χ1v) is 4.28. The summed E-state index contributed by atoms with van der Waals surface area (Å²) in [5.74, 6) is -0.126. The predicted molar refractivity (Wildman–Crippen MR) is 49.9 cm³/mol. The van der Waals surface area contributed by atoms with Crippen LogP contribution in [-0.4, -0.2) is 45.9 Å². The lowest BCUT2D eigenvalue weighted by Crippen LogP contribution is -2.32. The van der Waals surface area contributed by atoms with E-state index in [1.54, 1.807) is 7.11 Å². The molecule has 0 heterocycles. The molecule has 0 aliphatic rings. The fourth-order valence-corrected chi connectivity index (χ4v) is 0.731. The fraction of sp³-hybridized carbons (Fsp3) is 0.750. The van der Waals surface area contributed by atoms with Gasteiger partial charge in [0.05, 0.1) is 13.7 Å². The molecule has 6 heteroatoms. The van der Waals surface area contributed by atoms with Crippen molar-refractivity contribution in [3.8, 4) is 0 Å². The second-order valence-electron chi connectivity index (χ2n) is 2.51. The summed E-state index contributed by atoms with van der Waals surface area (Å²) in [6.45, 7) is 1.23. The van der Waals surface area contributed by atoms with E-state index in [2.05, 4.69) is 15.4 Å². The van der Waals surface area contributed by atoms with E-state index in [4.69, 9.17) is 4.74 Å². The van der Waals surface area contributed by atoms with Crippen molar-refractivity contribution < 1.29 is 19.1 Å². The van der Waals surface area contributed by atoms with Gasteiger partial charge in [0.1, 0.15) is 0 Å². The highest BCUT2D eigenvalue weighted by Gasteiger charge is 2.02. The molecule has 82 valence electrons. The standard InChI is InChI=1S/C8H16N2O4/c1-13-6-5-9-7(11)3-4-10-8(12)14-2/h3-6H2,1-2H3,(H,9,11)(H,10,12). The van der Waals surface area contributed by atoms with Gasteiger partial charge in [-0.2, -0.15) is 0 Å². The van der Waals surface area contributed by atoms with E-state index < -0.39 is 6.09 Å². The second-order valence-corrected chi connectivity index (χ2v) is 2.51. The fourth-order valence-electron chi connectivity index (χ4n) is 0.731. The lowest BCUT2D eigenvalue weighted by Gasteiger charge is -2.05. The molecule has 0 rings (SSSR count). The third kappa shape index (κ3) is 7.35. The van der Waals surface area contributed by atoms with Crippen molar-refractivity contribution in [3.05, 3.63) is 0 Å². The summed E-state index contributed by atoms with van der Waals surface area (Å²) in [7, 11) is 2.83. The van der Waals surface area contributed by atoms with E-state index in [0.717, 1.165) is 0 Å². The van der Waals surface area contributed by atoms with Crippen LogP contribution < -0.4 is 10.6 Å². The van der Waals surface area contributed by atoms with Gasteiger partial charge in [-0.1, -0.05) is 0 Å². The number of carbonyl (C=O) groups is 2. The van der Waals surface area contributed by atoms with Crippen LogP contribution in [0.3, 0.4) is 0 Å². The van der Waals surface area contributed by atoms with Gasteiger partial charge in [-0.3, -0.25) is 4.79 Å². The molecule has 0 unspecified atom stereocenters. The van der Waals surface area contributed by atoms with Crippen LogP contribution in [0.5, 0.6) is 0 Å². The molecule has 0 atom stereocenters. The number of hydrogen-bond donors (Lipinski definition) is 2. The van der Waals surface area contributed by atoms with Crippen molar-refractivity contribution in [1.82, 2.24) is 10.6 Å². The highest BCUT2D eigenvalue weighted by molar-refractivity contribution is 5.76. The second kappa shape index (κ2) is 8.31. The molecule has 0 radical (unpaired) electrons. The molecule has 0 aromatic heterocycles. The number of amides is 2. The summed E-state index contributed by atoms with van der Waals surface area (Å²) in [6, 6.07) is 0. The first kappa shape index (κ1) is 12.7. The number of ether oxygens (including phenoxy) is 2. The lowest BCUT2D eigenvalue weighted by atomic mass is 10.4. The predicted octanol–water partition coefficient (Wildman–Crippen LogP) is -0.505. The van der Waals surface area contributed by atoms with Gasteiger partial charge in [-0.15, -0.1) is 0 Å². The Bertz CT molecular complexity index is 184. The van der Waals surface area contributed by atoms with Crippen LogP contribution in [0, 0.1) is 0 Å². The zero-order valence-electron chi connectivity index (χ0n) is 8.46. The minimum atomic E-state index is -0.533. The molecular formula is C8H16N2O4. The first-order chi connectivity index (χ1) is 6.70. The lowest BCUT2D eigenvalue weighted by molar-refractivity contribution is -0.121. The molecule has 0 bridgehead atoms. The third-order valence-electron chi connectivity index (χ3n) is 1.44. The van der Waals surface area contributed by atoms with Crippen molar-refractivity contribution in [2.24, 2.45) is 0 Å².